The van der Waals surface area contributed by atoms with Gasteiger partial charge in [0.15, 0.2) is 0 Å². The maximum absolute atomic E-state index is 3.97. The number of halogens is 1. The SMILES string of the molecule is CI.Cc1cnc(C)nc1. The predicted molar refractivity (Wildman–Crippen MR) is 51.5 cm³/mol. The van der Waals surface area contributed by atoms with Crippen LogP contribution in [0, 0.1) is 13.8 Å². The molecule has 0 aliphatic rings. The average Bonchev–Trinajstić information content (AvgIpc) is 2.00. The third kappa shape index (κ3) is 3.76. The third-order valence-corrected chi connectivity index (χ3v) is 0.910. The van der Waals surface area contributed by atoms with Crippen LogP contribution in [0.25, 0.3) is 0 Å². The van der Waals surface area contributed by atoms with Crippen molar-refractivity contribution in [3.63, 3.8) is 0 Å². The molecule has 56 valence electrons. The molecule has 1 rings (SSSR count). The van der Waals surface area contributed by atoms with E-state index in [1.165, 1.54) is 0 Å². The minimum atomic E-state index is 0.829. The van der Waals surface area contributed by atoms with E-state index >= 15 is 0 Å². The van der Waals surface area contributed by atoms with Gasteiger partial charge in [0.05, 0.1) is 0 Å². The summed E-state index contributed by atoms with van der Waals surface area (Å²) >= 11 is 2.15. The molecule has 0 N–H and O–H groups in total. The Balaban J connectivity index is 0.000000371. The lowest BCUT2D eigenvalue weighted by molar-refractivity contribution is 1.03. The summed E-state index contributed by atoms with van der Waals surface area (Å²) in [5, 5.41) is 0. The minimum Gasteiger partial charge on any atom is -0.241 e. The van der Waals surface area contributed by atoms with E-state index in [1.807, 2.05) is 31.2 Å². The first-order chi connectivity index (χ1) is 4.79. The maximum atomic E-state index is 3.97. The Hall–Kier alpha value is -0.190. The Bertz CT molecular complexity index is 150. The van der Waals surface area contributed by atoms with Gasteiger partial charge in [0, 0.05) is 12.4 Å². The Morgan fingerprint density at radius 3 is 1.80 bits per heavy atom. The van der Waals surface area contributed by atoms with E-state index in [0.717, 1.165) is 11.4 Å². The van der Waals surface area contributed by atoms with Crippen molar-refractivity contribution in [2.45, 2.75) is 13.8 Å². The topological polar surface area (TPSA) is 25.8 Å². The van der Waals surface area contributed by atoms with Gasteiger partial charge in [0.2, 0.25) is 0 Å². The molecule has 0 aliphatic carbocycles. The van der Waals surface area contributed by atoms with Crippen LogP contribution < -0.4 is 0 Å². The number of alkyl halides is 1. The molecule has 0 bridgehead atoms. The molecule has 3 heteroatoms. The van der Waals surface area contributed by atoms with Gasteiger partial charge in [-0.15, -0.1) is 0 Å². The average molecular weight is 250 g/mol. The summed E-state index contributed by atoms with van der Waals surface area (Å²) in [4.78, 5) is 9.91. The van der Waals surface area contributed by atoms with Crippen molar-refractivity contribution in [2.24, 2.45) is 0 Å². The van der Waals surface area contributed by atoms with E-state index < -0.39 is 0 Å². The summed E-state index contributed by atoms with van der Waals surface area (Å²) < 4.78 is 0. The summed E-state index contributed by atoms with van der Waals surface area (Å²) in [5.41, 5.74) is 1.11. The number of nitrogens with zero attached hydrogens (tertiary/aromatic N) is 2. The molecule has 0 amide bonds. The van der Waals surface area contributed by atoms with Crippen LogP contribution >= 0.6 is 22.6 Å². The van der Waals surface area contributed by atoms with Crippen LogP contribution in [0.4, 0.5) is 0 Å². The maximum Gasteiger partial charge on any atom is 0.125 e. The van der Waals surface area contributed by atoms with Crippen molar-refractivity contribution in [2.75, 3.05) is 4.93 Å². The molecule has 0 saturated carbocycles. The molecule has 0 saturated heterocycles. The van der Waals surface area contributed by atoms with E-state index in [4.69, 9.17) is 0 Å². The fourth-order valence-electron chi connectivity index (χ4n) is 0.457. The van der Waals surface area contributed by atoms with E-state index in [1.54, 1.807) is 0 Å². The Labute approximate surface area is 75.2 Å². The first-order valence-corrected chi connectivity index (χ1v) is 5.08. The number of hydrogen-bond acceptors (Lipinski definition) is 2. The zero-order chi connectivity index (χ0) is 7.98. The molecule has 2 nitrogen and oxygen atoms in total. The van der Waals surface area contributed by atoms with Crippen LogP contribution in [0.15, 0.2) is 12.4 Å². The van der Waals surface area contributed by atoms with Crippen molar-refractivity contribution in [3.8, 4) is 0 Å². The van der Waals surface area contributed by atoms with Crippen LogP contribution in [0.5, 0.6) is 0 Å². The second-order valence-corrected chi connectivity index (χ2v) is 1.81. The van der Waals surface area contributed by atoms with Gasteiger partial charge in [0.1, 0.15) is 5.82 Å². The molecule has 1 heterocycles. The summed E-state index contributed by atoms with van der Waals surface area (Å²) in [5.74, 6) is 0.829. The fourth-order valence-corrected chi connectivity index (χ4v) is 0.457. The van der Waals surface area contributed by atoms with Crippen molar-refractivity contribution >= 4 is 22.6 Å². The molecule has 1 aromatic heterocycles. The Kier molecular flexibility index (Phi) is 5.48. The van der Waals surface area contributed by atoms with Crippen molar-refractivity contribution < 1.29 is 0 Å². The van der Waals surface area contributed by atoms with Crippen LogP contribution in [-0.4, -0.2) is 14.9 Å². The standard InChI is InChI=1S/C6H8N2.CH3I/c1-5-3-7-6(2)8-4-5;1-2/h3-4H,1-2H3;1H3. The highest BCUT2D eigenvalue weighted by molar-refractivity contribution is 14.1. The highest BCUT2D eigenvalue weighted by atomic mass is 127. The predicted octanol–water partition coefficient (Wildman–Crippen LogP) is 2.14. The molecular weight excluding hydrogens is 239 g/mol. The highest BCUT2D eigenvalue weighted by Crippen LogP contribution is 1.89. The van der Waals surface area contributed by atoms with Gasteiger partial charge in [-0.3, -0.25) is 0 Å². The van der Waals surface area contributed by atoms with Crippen LogP contribution in [0.1, 0.15) is 11.4 Å². The van der Waals surface area contributed by atoms with E-state index in [2.05, 4.69) is 32.6 Å². The minimum absolute atomic E-state index is 0.829. The lowest BCUT2D eigenvalue weighted by Crippen LogP contribution is -1.84. The van der Waals surface area contributed by atoms with Crippen molar-refractivity contribution in [1.82, 2.24) is 9.97 Å². The van der Waals surface area contributed by atoms with Gasteiger partial charge in [-0.25, -0.2) is 9.97 Å². The fraction of sp³-hybridized carbons (Fsp3) is 0.429. The summed E-state index contributed by atoms with van der Waals surface area (Å²) in [6.45, 7) is 3.85. The summed E-state index contributed by atoms with van der Waals surface area (Å²) in [6.07, 6.45) is 3.62. The normalized spacial score (nSPS) is 8.00. The van der Waals surface area contributed by atoms with Gasteiger partial charge < -0.3 is 0 Å². The lowest BCUT2D eigenvalue weighted by atomic mass is 10.4. The number of hydrogen-bond donors (Lipinski definition) is 0. The first-order valence-electron chi connectivity index (χ1n) is 2.92. The highest BCUT2D eigenvalue weighted by Gasteiger charge is 1.82. The number of aromatic nitrogens is 2. The molecule has 0 spiro atoms. The van der Waals surface area contributed by atoms with E-state index in [9.17, 15) is 0 Å². The number of aryl methyl sites for hydroxylation is 2. The van der Waals surface area contributed by atoms with Gasteiger partial charge >= 0.3 is 0 Å². The lowest BCUT2D eigenvalue weighted by Gasteiger charge is -1.88. The van der Waals surface area contributed by atoms with Gasteiger partial charge in [-0.1, -0.05) is 22.6 Å². The first kappa shape index (κ1) is 9.81. The van der Waals surface area contributed by atoms with Gasteiger partial charge in [0.25, 0.3) is 0 Å². The molecule has 0 aliphatic heterocycles. The number of rotatable bonds is 0. The third-order valence-electron chi connectivity index (χ3n) is 0.910. The zero-order valence-corrected chi connectivity index (χ0v) is 8.58. The van der Waals surface area contributed by atoms with Gasteiger partial charge in [-0.2, -0.15) is 0 Å². The molecule has 0 fully saturated rings. The van der Waals surface area contributed by atoms with Crippen molar-refractivity contribution in [1.29, 1.82) is 0 Å². The van der Waals surface area contributed by atoms with Crippen molar-refractivity contribution in [3.05, 3.63) is 23.8 Å². The zero-order valence-electron chi connectivity index (χ0n) is 6.43. The molecule has 0 atom stereocenters. The molecule has 0 aromatic carbocycles. The second-order valence-electron chi connectivity index (χ2n) is 1.81. The molecule has 0 radical (unpaired) electrons. The Morgan fingerprint density at radius 2 is 1.50 bits per heavy atom. The molecule has 1 aromatic rings. The van der Waals surface area contributed by atoms with Crippen LogP contribution in [-0.2, 0) is 0 Å². The quantitative estimate of drug-likeness (QED) is 0.520. The van der Waals surface area contributed by atoms with Crippen LogP contribution in [0.2, 0.25) is 0 Å². The monoisotopic (exact) mass is 250 g/mol. The van der Waals surface area contributed by atoms with Gasteiger partial charge in [-0.05, 0) is 24.3 Å². The van der Waals surface area contributed by atoms with E-state index in [-0.39, 0.29) is 0 Å². The largest absolute Gasteiger partial charge is 0.241 e. The summed E-state index contributed by atoms with van der Waals surface area (Å²) in [6, 6.07) is 0. The Morgan fingerprint density at radius 1 is 1.10 bits per heavy atom. The molecule has 10 heavy (non-hydrogen) atoms. The molecule has 0 unspecified atom stereocenters. The summed E-state index contributed by atoms with van der Waals surface area (Å²) in [7, 11) is 0. The second kappa shape index (κ2) is 5.58. The van der Waals surface area contributed by atoms with E-state index in [0.29, 0.717) is 0 Å². The molecular formula is C7H11IN2. The van der Waals surface area contributed by atoms with Crippen LogP contribution in [0.3, 0.4) is 0 Å². The smallest absolute Gasteiger partial charge is 0.125 e.